The molecule has 2 aliphatic heterocycles. The van der Waals surface area contributed by atoms with Gasteiger partial charge in [0, 0.05) is 33.6 Å². The minimum absolute atomic E-state index is 0.0968. The molecule has 3 aliphatic rings. The number of anilines is 5. The Morgan fingerprint density at radius 3 is 1.61 bits per heavy atom. The van der Waals surface area contributed by atoms with Gasteiger partial charge in [0.2, 0.25) is 0 Å². The van der Waals surface area contributed by atoms with Crippen LogP contribution < -0.4 is 9.80 Å². The van der Waals surface area contributed by atoms with Crippen molar-refractivity contribution in [1.82, 2.24) is 0 Å². The van der Waals surface area contributed by atoms with Crippen LogP contribution in [0.15, 0.2) is 205 Å². The Balaban J connectivity index is 1.21. The van der Waals surface area contributed by atoms with E-state index in [9.17, 15) is 0 Å². The first-order chi connectivity index (χ1) is 30.3. The maximum absolute atomic E-state index is 2.58. The SMILES string of the molecule is CC1(C)C2=C(CCC=C2)N(c2ccc3c(-c4cccc5ccccc45)c4ccc(N5c6ccccc6C(C)(C)c6ccccc65)cc4c(-c4ccccc4)c3c2)c2ccccc21. The van der Waals surface area contributed by atoms with E-state index in [1.165, 1.54) is 105 Å². The molecule has 9 aromatic rings. The second kappa shape index (κ2) is 13.7. The molecule has 0 radical (unpaired) electrons. The second-order valence-electron chi connectivity index (χ2n) is 18.4. The van der Waals surface area contributed by atoms with Crippen molar-refractivity contribution in [2.24, 2.45) is 0 Å². The number of rotatable bonds is 4. The first-order valence-electron chi connectivity index (χ1n) is 22.2. The zero-order chi connectivity index (χ0) is 41.7. The molecule has 0 atom stereocenters. The van der Waals surface area contributed by atoms with E-state index in [0.29, 0.717) is 0 Å². The van der Waals surface area contributed by atoms with Crippen LogP contribution >= 0.6 is 0 Å². The molecule has 0 fully saturated rings. The predicted molar refractivity (Wildman–Crippen MR) is 264 cm³/mol. The topological polar surface area (TPSA) is 6.48 Å². The maximum atomic E-state index is 2.58. The minimum atomic E-state index is -0.143. The fourth-order valence-electron chi connectivity index (χ4n) is 11.3. The normalized spacial score (nSPS) is 16.0. The van der Waals surface area contributed by atoms with Gasteiger partial charge in [-0.15, -0.1) is 0 Å². The van der Waals surface area contributed by atoms with Crippen molar-refractivity contribution in [3.05, 3.63) is 222 Å². The van der Waals surface area contributed by atoms with Crippen molar-refractivity contribution >= 4 is 60.8 Å². The molecule has 2 heterocycles. The lowest BCUT2D eigenvalue weighted by atomic mass is 9.71. The predicted octanol–water partition coefficient (Wildman–Crippen LogP) is 16.6. The van der Waals surface area contributed by atoms with Gasteiger partial charge in [0.15, 0.2) is 0 Å². The Bertz CT molecular complexity index is 3310. The molecule has 1 aliphatic carbocycles. The van der Waals surface area contributed by atoms with Crippen molar-refractivity contribution in [2.45, 2.75) is 51.4 Å². The van der Waals surface area contributed by atoms with Crippen molar-refractivity contribution in [3.8, 4) is 22.3 Å². The third-order valence-corrected chi connectivity index (χ3v) is 14.3. The molecule has 0 N–H and O–H groups in total. The molecule has 0 saturated carbocycles. The molecule has 298 valence electrons. The van der Waals surface area contributed by atoms with Crippen molar-refractivity contribution in [2.75, 3.05) is 9.80 Å². The highest BCUT2D eigenvalue weighted by Crippen LogP contribution is 2.55. The van der Waals surface area contributed by atoms with Crippen LogP contribution in [0, 0.1) is 0 Å². The molecule has 62 heavy (non-hydrogen) atoms. The number of hydrogen-bond donors (Lipinski definition) is 0. The zero-order valence-electron chi connectivity index (χ0n) is 35.8. The van der Waals surface area contributed by atoms with Gasteiger partial charge in [-0.1, -0.05) is 179 Å². The summed E-state index contributed by atoms with van der Waals surface area (Å²) in [5.74, 6) is 0. The van der Waals surface area contributed by atoms with E-state index in [1.807, 2.05) is 0 Å². The molecular formula is C60H48N2. The summed E-state index contributed by atoms with van der Waals surface area (Å²) in [7, 11) is 0. The Labute approximate surface area is 364 Å². The van der Waals surface area contributed by atoms with E-state index >= 15 is 0 Å². The Kier molecular flexibility index (Phi) is 8.09. The third kappa shape index (κ3) is 5.29. The van der Waals surface area contributed by atoms with Crippen LogP contribution in [0.3, 0.4) is 0 Å². The standard InChI is InChI=1S/C60H48N2/c1-59(2)49-25-10-14-29-53(49)61(54-30-15-11-26-50(54)59)41-33-35-45-47(37-41)57(40-20-6-5-7-21-40)48-38-42(34-36-46(48)58(45)44-24-18-22-39-19-8-9-23-43(39)44)62-55-31-16-12-27-51(55)60(3,4)52-28-13-17-32-56(52)62/h5-16,18-31,33-38H,17,32H2,1-4H3. The van der Waals surface area contributed by atoms with E-state index in [-0.39, 0.29) is 10.8 Å². The van der Waals surface area contributed by atoms with Crippen LogP contribution in [0.1, 0.15) is 57.2 Å². The van der Waals surface area contributed by atoms with Crippen LogP contribution in [-0.4, -0.2) is 0 Å². The van der Waals surface area contributed by atoms with Gasteiger partial charge in [0.1, 0.15) is 0 Å². The van der Waals surface area contributed by atoms with Gasteiger partial charge >= 0.3 is 0 Å². The quantitative estimate of drug-likeness (QED) is 0.164. The van der Waals surface area contributed by atoms with Gasteiger partial charge in [0.25, 0.3) is 0 Å². The highest BCUT2D eigenvalue weighted by atomic mass is 15.2. The highest BCUT2D eigenvalue weighted by molar-refractivity contribution is 6.24. The molecular weight excluding hydrogens is 749 g/mol. The van der Waals surface area contributed by atoms with Crippen LogP contribution in [-0.2, 0) is 10.8 Å². The van der Waals surface area contributed by atoms with E-state index in [1.54, 1.807) is 0 Å². The summed E-state index contributed by atoms with van der Waals surface area (Å²) in [5, 5.41) is 7.49. The molecule has 0 amide bonds. The summed E-state index contributed by atoms with van der Waals surface area (Å²) in [5.41, 5.74) is 17.7. The van der Waals surface area contributed by atoms with Gasteiger partial charge in [-0.3, -0.25) is 0 Å². The van der Waals surface area contributed by atoms with Gasteiger partial charge < -0.3 is 9.80 Å². The zero-order valence-corrected chi connectivity index (χ0v) is 35.8. The third-order valence-electron chi connectivity index (χ3n) is 14.3. The summed E-state index contributed by atoms with van der Waals surface area (Å²) >= 11 is 0. The van der Waals surface area contributed by atoms with Gasteiger partial charge in [-0.05, 0) is 132 Å². The van der Waals surface area contributed by atoms with Gasteiger partial charge in [-0.25, -0.2) is 0 Å². The molecule has 9 aromatic carbocycles. The molecule has 0 unspecified atom stereocenters. The fourth-order valence-corrected chi connectivity index (χ4v) is 11.3. The first kappa shape index (κ1) is 36.7. The largest absolute Gasteiger partial charge is 0.314 e. The second-order valence-corrected chi connectivity index (χ2v) is 18.4. The summed E-state index contributed by atoms with van der Waals surface area (Å²) < 4.78 is 0. The van der Waals surface area contributed by atoms with Gasteiger partial charge in [0.05, 0.1) is 11.4 Å². The number of allylic oxidation sites excluding steroid dienone is 4. The molecule has 0 saturated heterocycles. The highest BCUT2D eigenvalue weighted by Gasteiger charge is 2.39. The minimum Gasteiger partial charge on any atom is -0.314 e. The van der Waals surface area contributed by atoms with E-state index in [4.69, 9.17) is 0 Å². The summed E-state index contributed by atoms with van der Waals surface area (Å²) in [4.78, 5) is 5.08. The Hall–Kier alpha value is -7.16. The monoisotopic (exact) mass is 796 g/mol. The average Bonchev–Trinajstić information content (AvgIpc) is 3.31. The average molecular weight is 797 g/mol. The van der Waals surface area contributed by atoms with E-state index in [2.05, 4.69) is 232 Å². The number of benzene rings is 9. The van der Waals surface area contributed by atoms with Crippen LogP contribution in [0.25, 0.3) is 54.6 Å². The van der Waals surface area contributed by atoms with Crippen LogP contribution in [0.2, 0.25) is 0 Å². The van der Waals surface area contributed by atoms with Crippen molar-refractivity contribution in [1.29, 1.82) is 0 Å². The van der Waals surface area contributed by atoms with Crippen LogP contribution in [0.4, 0.5) is 28.4 Å². The fraction of sp³-hybridized carbons (Fsp3) is 0.133. The lowest BCUT2D eigenvalue weighted by Crippen LogP contribution is -2.34. The van der Waals surface area contributed by atoms with E-state index in [0.717, 1.165) is 18.5 Å². The summed E-state index contributed by atoms with van der Waals surface area (Å²) in [6.45, 7) is 9.51. The summed E-state index contributed by atoms with van der Waals surface area (Å²) in [6.07, 6.45) is 6.80. The molecule has 0 aromatic heterocycles. The molecule has 0 bridgehead atoms. The molecule has 0 spiro atoms. The first-order valence-corrected chi connectivity index (χ1v) is 22.2. The number of para-hydroxylation sites is 3. The van der Waals surface area contributed by atoms with E-state index < -0.39 is 0 Å². The Morgan fingerprint density at radius 2 is 0.952 bits per heavy atom. The Morgan fingerprint density at radius 1 is 0.419 bits per heavy atom. The molecule has 2 nitrogen and oxygen atoms in total. The summed E-state index contributed by atoms with van der Waals surface area (Å²) in [6, 6.07) is 68.3. The lowest BCUT2D eigenvalue weighted by molar-refractivity contribution is 0.603. The maximum Gasteiger partial charge on any atom is 0.0502 e. The smallest absolute Gasteiger partial charge is 0.0502 e. The number of nitrogens with zero attached hydrogens (tertiary/aromatic N) is 2. The number of hydrogen-bond acceptors (Lipinski definition) is 2. The van der Waals surface area contributed by atoms with Crippen molar-refractivity contribution in [3.63, 3.8) is 0 Å². The van der Waals surface area contributed by atoms with Crippen molar-refractivity contribution < 1.29 is 0 Å². The van der Waals surface area contributed by atoms with Gasteiger partial charge in [-0.2, -0.15) is 0 Å². The lowest BCUT2D eigenvalue weighted by Gasteiger charge is -2.44. The van der Waals surface area contributed by atoms with Crippen LogP contribution in [0.5, 0.6) is 0 Å². The number of fused-ring (bicyclic) bond motifs is 6. The molecule has 2 heteroatoms. The molecule has 12 rings (SSSR count).